The number of halogens is 1. The van der Waals surface area contributed by atoms with Crippen LogP contribution in [0.1, 0.15) is 6.42 Å². The Balaban J connectivity index is 0.000000360. The Morgan fingerprint density at radius 3 is 2.43 bits per heavy atom. The largest absolute Gasteiger partial charge is 0.189 e. The van der Waals surface area contributed by atoms with Crippen LogP contribution < -0.4 is 0 Å². The van der Waals surface area contributed by atoms with Crippen LogP contribution >= 0.6 is 12.4 Å². The molecular formula is C4H7ClN2. The summed E-state index contributed by atoms with van der Waals surface area (Å²) in [6.07, 6.45) is 4.79. The van der Waals surface area contributed by atoms with Crippen LogP contribution in [0.4, 0.5) is 0 Å². The topological polar surface area (TPSA) is 24.7 Å². The second kappa shape index (κ2) is 3.81. The second-order valence-electron chi connectivity index (χ2n) is 1.15. The zero-order valence-electron chi connectivity index (χ0n) is 3.87. The third-order valence-electron chi connectivity index (χ3n) is 0.649. The lowest BCUT2D eigenvalue weighted by Crippen LogP contribution is -1.76. The van der Waals surface area contributed by atoms with E-state index in [9.17, 15) is 0 Å². The van der Waals surface area contributed by atoms with Gasteiger partial charge in [0.2, 0.25) is 0 Å². The minimum Gasteiger partial charge on any atom is -0.189 e. The first-order valence-corrected chi connectivity index (χ1v) is 2.02. The van der Waals surface area contributed by atoms with Gasteiger partial charge in [-0.15, -0.1) is 12.4 Å². The molecule has 0 bridgehead atoms. The van der Waals surface area contributed by atoms with Gasteiger partial charge in [-0.1, -0.05) is 6.08 Å². The molecule has 1 aliphatic heterocycles. The summed E-state index contributed by atoms with van der Waals surface area (Å²) in [5.41, 5.74) is 0. The molecule has 0 amide bonds. The molecule has 0 aromatic rings. The van der Waals surface area contributed by atoms with Crippen LogP contribution in [0.5, 0.6) is 0 Å². The lowest BCUT2D eigenvalue weighted by molar-refractivity contribution is 0.890. The highest BCUT2D eigenvalue weighted by molar-refractivity contribution is 5.85. The van der Waals surface area contributed by atoms with Gasteiger partial charge in [-0.25, -0.2) is 0 Å². The molecule has 1 rings (SSSR count). The molecule has 0 fully saturated rings. The van der Waals surface area contributed by atoms with Gasteiger partial charge in [0.1, 0.15) is 0 Å². The summed E-state index contributed by atoms with van der Waals surface area (Å²) < 4.78 is 0. The Labute approximate surface area is 48.7 Å². The normalized spacial score (nSPS) is 16.0. The Morgan fingerprint density at radius 1 is 1.43 bits per heavy atom. The van der Waals surface area contributed by atoms with Gasteiger partial charge in [0.15, 0.2) is 0 Å². The second-order valence-corrected chi connectivity index (χ2v) is 1.15. The fourth-order valence-corrected chi connectivity index (χ4v) is 0.359. The van der Waals surface area contributed by atoms with Crippen molar-refractivity contribution < 1.29 is 0 Å². The van der Waals surface area contributed by atoms with Crippen molar-refractivity contribution in [1.29, 1.82) is 0 Å². The molecule has 1 heterocycles. The van der Waals surface area contributed by atoms with E-state index in [-0.39, 0.29) is 12.4 Å². The van der Waals surface area contributed by atoms with Crippen LogP contribution in [0.25, 0.3) is 0 Å². The lowest BCUT2D eigenvalue weighted by Gasteiger charge is -1.87. The predicted molar refractivity (Wildman–Crippen MR) is 30.7 cm³/mol. The van der Waals surface area contributed by atoms with Gasteiger partial charge >= 0.3 is 0 Å². The minimum atomic E-state index is 0. The molecule has 0 unspecified atom stereocenters. The Morgan fingerprint density at radius 2 is 2.29 bits per heavy atom. The molecule has 7 heavy (non-hydrogen) atoms. The van der Waals surface area contributed by atoms with Gasteiger partial charge in [0.25, 0.3) is 0 Å². The number of rotatable bonds is 0. The third kappa shape index (κ3) is 2.34. The van der Waals surface area contributed by atoms with Gasteiger partial charge < -0.3 is 0 Å². The van der Waals surface area contributed by atoms with E-state index >= 15 is 0 Å². The maximum Gasteiger partial charge on any atom is 0.0638 e. The van der Waals surface area contributed by atoms with E-state index in [1.54, 1.807) is 6.20 Å². The average molecular weight is 119 g/mol. The predicted octanol–water partition coefficient (Wildman–Crippen LogP) is 1.78. The fraction of sp³-hybridized carbons (Fsp3) is 0.500. The van der Waals surface area contributed by atoms with Gasteiger partial charge in [0, 0.05) is 6.20 Å². The van der Waals surface area contributed by atoms with E-state index in [1.165, 1.54) is 0 Å². The van der Waals surface area contributed by atoms with Crippen LogP contribution in [-0.4, -0.2) is 6.54 Å². The minimum absolute atomic E-state index is 0. The van der Waals surface area contributed by atoms with Crippen molar-refractivity contribution in [2.75, 3.05) is 6.54 Å². The maximum absolute atomic E-state index is 3.72. The van der Waals surface area contributed by atoms with Crippen molar-refractivity contribution >= 4 is 12.4 Å². The monoisotopic (exact) mass is 118 g/mol. The van der Waals surface area contributed by atoms with Crippen LogP contribution in [0, 0.1) is 0 Å². The Bertz CT molecular complexity index is 75.7. The van der Waals surface area contributed by atoms with Crippen LogP contribution in [0.15, 0.2) is 22.5 Å². The highest BCUT2D eigenvalue weighted by Gasteiger charge is 1.79. The summed E-state index contributed by atoms with van der Waals surface area (Å²) in [6, 6.07) is 0. The van der Waals surface area contributed by atoms with E-state index in [1.807, 2.05) is 6.08 Å². The summed E-state index contributed by atoms with van der Waals surface area (Å²) >= 11 is 0. The zero-order chi connectivity index (χ0) is 4.24. The van der Waals surface area contributed by atoms with Crippen molar-refractivity contribution in [3.05, 3.63) is 12.3 Å². The summed E-state index contributed by atoms with van der Waals surface area (Å²) in [7, 11) is 0. The molecule has 0 aromatic heterocycles. The Hall–Kier alpha value is -0.370. The highest BCUT2D eigenvalue weighted by Crippen LogP contribution is 1.92. The zero-order valence-corrected chi connectivity index (χ0v) is 4.69. The first-order chi connectivity index (χ1) is 3.00. The SMILES string of the molecule is C1=CN=NCC1.Cl. The fourth-order valence-electron chi connectivity index (χ4n) is 0.359. The van der Waals surface area contributed by atoms with Crippen molar-refractivity contribution in [2.45, 2.75) is 6.42 Å². The molecule has 0 N–H and O–H groups in total. The smallest absolute Gasteiger partial charge is 0.0638 e. The van der Waals surface area contributed by atoms with E-state index in [2.05, 4.69) is 10.2 Å². The first-order valence-electron chi connectivity index (χ1n) is 2.02. The summed E-state index contributed by atoms with van der Waals surface area (Å²) in [5, 5.41) is 7.34. The van der Waals surface area contributed by atoms with Crippen molar-refractivity contribution in [1.82, 2.24) is 0 Å². The van der Waals surface area contributed by atoms with Crippen LogP contribution in [-0.2, 0) is 0 Å². The molecular weight excluding hydrogens is 112 g/mol. The number of hydrogen-bond donors (Lipinski definition) is 0. The molecule has 40 valence electrons. The molecule has 0 spiro atoms. The number of nitrogens with zero attached hydrogens (tertiary/aromatic N) is 2. The molecule has 0 aromatic carbocycles. The van der Waals surface area contributed by atoms with Crippen LogP contribution in [0.3, 0.4) is 0 Å². The van der Waals surface area contributed by atoms with Crippen molar-refractivity contribution in [3.8, 4) is 0 Å². The third-order valence-corrected chi connectivity index (χ3v) is 0.649. The van der Waals surface area contributed by atoms with Crippen molar-refractivity contribution in [3.63, 3.8) is 0 Å². The van der Waals surface area contributed by atoms with Crippen molar-refractivity contribution in [2.24, 2.45) is 10.2 Å². The van der Waals surface area contributed by atoms with E-state index < -0.39 is 0 Å². The van der Waals surface area contributed by atoms with E-state index in [0.717, 1.165) is 13.0 Å². The van der Waals surface area contributed by atoms with Crippen LogP contribution in [0.2, 0.25) is 0 Å². The summed E-state index contributed by atoms with van der Waals surface area (Å²) in [5.74, 6) is 0. The van der Waals surface area contributed by atoms with E-state index in [0.29, 0.717) is 0 Å². The Kier molecular flexibility index (Phi) is 3.61. The molecule has 3 heteroatoms. The number of azo groups is 1. The molecule has 0 saturated carbocycles. The highest BCUT2D eigenvalue weighted by atomic mass is 35.5. The first kappa shape index (κ1) is 6.63. The van der Waals surface area contributed by atoms with E-state index in [4.69, 9.17) is 0 Å². The molecule has 0 aliphatic carbocycles. The molecule has 0 radical (unpaired) electrons. The van der Waals surface area contributed by atoms with Gasteiger partial charge in [-0.3, -0.25) is 0 Å². The molecule has 0 saturated heterocycles. The average Bonchev–Trinajstić information content (AvgIpc) is 1.72. The molecule has 1 aliphatic rings. The van der Waals surface area contributed by atoms with Gasteiger partial charge in [0.05, 0.1) is 6.54 Å². The molecule has 2 nitrogen and oxygen atoms in total. The standard InChI is InChI=1S/C4H6N2.ClH/c1-2-4-6-5-3-1;/h1,3H,2,4H2;1H. The quantitative estimate of drug-likeness (QED) is 0.463. The maximum atomic E-state index is 3.72. The molecule has 0 atom stereocenters. The lowest BCUT2D eigenvalue weighted by atomic mass is 10.4. The van der Waals surface area contributed by atoms with Gasteiger partial charge in [-0.2, -0.15) is 10.2 Å². The summed E-state index contributed by atoms with van der Waals surface area (Å²) in [4.78, 5) is 0. The number of hydrogen-bond acceptors (Lipinski definition) is 2. The summed E-state index contributed by atoms with van der Waals surface area (Å²) in [6.45, 7) is 0.872. The van der Waals surface area contributed by atoms with Gasteiger partial charge in [-0.05, 0) is 6.42 Å².